The molecule has 1 amide bonds. The van der Waals surface area contributed by atoms with Crippen molar-refractivity contribution < 1.29 is 9.32 Å². The zero-order valence-corrected chi connectivity index (χ0v) is 17.0. The monoisotopic (exact) mass is 374 g/mol. The molecule has 0 atom stereocenters. The van der Waals surface area contributed by atoms with Crippen molar-refractivity contribution in [3.63, 3.8) is 0 Å². The van der Waals surface area contributed by atoms with Crippen LogP contribution >= 0.6 is 0 Å². The second-order valence-electron chi connectivity index (χ2n) is 9.44. The first-order valence-corrected chi connectivity index (χ1v) is 10.9. The fraction of sp³-hybridized carbons (Fsp3) is 0.857. The molecule has 1 aliphatic carbocycles. The number of aromatic nitrogens is 2. The Hall–Kier alpha value is -1.43. The summed E-state index contributed by atoms with van der Waals surface area (Å²) in [6.07, 6.45) is 10.0. The molecule has 1 spiro atoms. The van der Waals surface area contributed by atoms with Gasteiger partial charge in [-0.15, -0.1) is 0 Å². The van der Waals surface area contributed by atoms with E-state index in [0.717, 1.165) is 57.2 Å². The van der Waals surface area contributed by atoms with Crippen LogP contribution in [0.4, 0.5) is 0 Å². The van der Waals surface area contributed by atoms with E-state index < -0.39 is 0 Å². The lowest BCUT2D eigenvalue weighted by atomic mass is 9.72. The topological polar surface area (TPSA) is 62.5 Å². The van der Waals surface area contributed by atoms with E-state index in [-0.39, 0.29) is 0 Å². The van der Waals surface area contributed by atoms with E-state index in [2.05, 4.69) is 33.8 Å². The molecule has 4 rings (SSSR count). The van der Waals surface area contributed by atoms with Gasteiger partial charge in [0.1, 0.15) is 0 Å². The fourth-order valence-corrected chi connectivity index (χ4v) is 5.17. The largest absolute Gasteiger partial charge is 0.339 e. The lowest BCUT2D eigenvalue weighted by Gasteiger charge is -2.49. The van der Waals surface area contributed by atoms with Crippen LogP contribution in [-0.2, 0) is 17.8 Å². The van der Waals surface area contributed by atoms with Crippen molar-refractivity contribution in [1.29, 1.82) is 0 Å². The van der Waals surface area contributed by atoms with Crippen molar-refractivity contribution in [3.8, 4) is 0 Å². The summed E-state index contributed by atoms with van der Waals surface area (Å²) < 4.78 is 5.38. The summed E-state index contributed by atoms with van der Waals surface area (Å²) in [7, 11) is 0. The van der Waals surface area contributed by atoms with Gasteiger partial charge in [-0.2, -0.15) is 4.98 Å². The molecule has 0 bridgehead atoms. The highest BCUT2D eigenvalue weighted by atomic mass is 16.5. The summed E-state index contributed by atoms with van der Waals surface area (Å²) in [6, 6.07) is 0.520. The Morgan fingerprint density at radius 3 is 2.63 bits per heavy atom. The number of hydrogen-bond acceptors (Lipinski definition) is 5. The summed E-state index contributed by atoms with van der Waals surface area (Å²) in [5.74, 6) is 2.50. The molecule has 1 saturated carbocycles. The first-order valence-electron chi connectivity index (χ1n) is 10.9. The molecule has 0 N–H and O–H groups in total. The van der Waals surface area contributed by atoms with Crippen LogP contribution in [0.15, 0.2) is 4.52 Å². The summed E-state index contributed by atoms with van der Waals surface area (Å²) in [5.41, 5.74) is 0.340. The van der Waals surface area contributed by atoms with Crippen molar-refractivity contribution in [3.05, 3.63) is 11.7 Å². The van der Waals surface area contributed by atoms with Crippen LogP contribution < -0.4 is 0 Å². The number of rotatable bonds is 5. The smallest absolute Gasteiger partial charge is 0.226 e. The Morgan fingerprint density at radius 1 is 1.19 bits per heavy atom. The number of carbonyl (C=O) groups excluding carboxylic acids is 1. The van der Waals surface area contributed by atoms with Crippen LogP contribution in [0.5, 0.6) is 0 Å². The van der Waals surface area contributed by atoms with E-state index in [1.165, 1.54) is 38.5 Å². The Labute approximate surface area is 162 Å². The van der Waals surface area contributed by atoms with Crippen molar-refractivity contribution in [2.75, 3.05) is 19.6 Å². The average Bonchev–Trinajstić information content (AvgIpc) is 3.31. The molecule has 6 nitrogen and oxygen atoms in total. The third-order valence-corrected chi connectivity index (χ3v) is 6.84. The molecule has 2 aliphatic heterocycles. The maximum Gasteiger partial charge on any atom is 0.226 e. The Bertz CT molecular complexity index is 642. The lowest BCUT2D eigenvalue weighted by Crippen LogP contribution is -2.53. The third-order valence-electron chi connectivity index (χ3n) is 6.84. The first-order chi connectivity index (χ1) is 13.0. The third kappa shape index (κ3) is 4.36. The van der Waals surface area contributed by atoms with Gasteiger partial charge in [0.25, 0.3) is 0 Å². The van der Waals surface area contributed by atoms with Crippen LogP contribution in [0.3, 0.4) is 0 Å². The lowest BCUT2D eigenvalue weighted by molar-refractivity contribution is -0.142. The molecule has 1 aromatic rings. The highest BCUT2D eigenvalue weighted by Crippen LogP contribution is 2.42. The van der Waals surface area contributed by atoms with Gasteiger partial charge in [-0.25, -0.2) is 0 Å². The quantitative estimate of drug-likeness (QED) is 0.790. The molecule has 0 aromatic carbocycles. The second kappa shape index (κ2) is 7.90. The second-order valence-corrected chi connectivity index (χ2v) is 9.44. The van der Waals surface area contributed by atoms with E-state index >= 15 is 0 Å². The maximum atomic E-state index is 12.5. The van der Waals surface area contributed by atoms with Gasteiger partial charge in [-0.05, 0) is 56.5 Å². The fourth-order valence-electron chi connectivity index (χ4n) is 5.17. The standard InChI is InChI=1S/C21H34N4O2/c1-16(2)13-19-22-18(23-27-19)14-24-11-9-21(10-12-24)8-7-20(26)25(15-21)17-5-3-4-6-17/h16-17H,3-15H2,1-2H3. The van der Waals surface area contributed by atoms with Crippen molar-refractivity contribution >= 4 is 5.91 Å². The molecule has 6 heteroatoms. The number of hydrogen-bond donors (Lipinski definition) is 0. The van der Waals surface area contributed by atoms with Crippen LogP contribution in [0, 0.1) is 11.3 Å². The van der Waals surface area contributed by atoms with Gasteiger partial charge in [0.2, 0.25) is 11.8 Å². The zero-order valence-electron chi connectivity index (χ0n) is 17.0. The summed E-state index contributed by atoms with van der Waals surface area (Å²) >= 11 is 0. The van der Waals surface area contributed by atoms with Crippen molar-refractivity contribution in [1.82, 2.24) is 19.9 Å². The van der Waals surface area contributed by atoms with Gasteiger partial charge < -0.3 is 9.42 Å². The highest BCUT2D eigenvalue weighted by molar-refractivity contribution is 5.77. The Morgan fingerprint density at radius 2 is 1.93 bits per heavy atom. The minimum atomic E-state index is 0.340. The maximum absolute atomic E-state index is 12.5. The molecule has 3 fully saturated rings. The van der Waals surface area contributed by atoms with E-state index in [9.17, 15) is 4.79 Å². The normalized spacial score (nSPS) is 24.4. The van der Waals surface area contributed by atoms with E-state index in [1.807, 2.05) is 0 Å². The minimum Gasteiger partial charge on any atom is -0.339 e. The van der Waals surface area contributed by atoms with Gasteiger partial charge >= 0.3 is 0 Å². The molecular formula is C21H34N4O2. The molecule has 3 aliphatic rings. The molecule has 150 valence electrons. The van der Waals surface area contributed by atoms with Crippen LogP contribution in [-0.4, -0.2) is 51.5 Å². The van der Waals surface area contributed by atoms with Crippen LogP contribution in [0.1, 0.15) is 76.9 Å². The number of amides is 1. The summed E-state index contributed by atoms with van der Waals surface area (Å²) in [4.78, 5) is 21.7. The molecular weight excluding hydrogens is 340 g/mol. The van der Waals surface area contributed by atoms with Gasteiger partial charge in [-0.1, -0.05) is 31.8 Å². The Balaban J connectivity index is 1.31. The highest BCUT2D eigenvalue weighted by Gasteiger charge is 2.43. The zero-order chi connectivity index (χ0) is 18.9. The molecule has 27 heavy (non-hydrogen) atoms. The number of nitrogens with zero attached hydrogens (tertiary/aromatic N) is 4. The van der Waals surface area contributed by atoms with Gasteiger partial charge in [0.05, 0.1) is 6.54 Å². The van der Waals surface area contributed by atoms with E-state index in [1.54, 1.807) is 0 Å². The molecule has 0 unspecified atom stereocenters. The van der Waals surface area contributed by atoms with Crippen molar-refractivity contribution in [2.45, 2.75) is 84.2 Å². The Kier molecular flexibility index (Phi) is 5.53. The average molecular weight is 375 g/mol. The van der Waals surface area contributed by atoms with Crippen LogP contribution in [0.2, 0.25) is 0 Å². The van der Waals surface area contributed by atoms with Crippen LogP contribution in [0.25, 0.3) is 0 Å². The van der Waals surface area contributed by atoms with Gasteiger partial charge in [0.15, 0.2) is 5.82 Å². The van der Waals surface area contributed by atoms with Gasteiger partial charge in [-0.3, -0.25) is 9.69 Å². The SMILES string of the molecule is CC(C)Cc1nc(CN2CCC3(CCC(=O)N(C4CCCC4)C3)CC2)no1. The van der Waals surface area contributed by atoms with E-state index in [4.69, 9.17) is 4.52 Å². The predicted molar refractivity (Wildman–Crippen MR) is 103 cm³/mol. The minimum absolute atomic E-state index is 0.340. The first kappa shape index (κ1) is 18.9. The number of piperidine rings is 2. The molecule has 3 heterocycles. The van der Waals surface area contributed by atoms with E-state index in [0.29, 0.717) is 23.3 Å². The number of carbonyl (C=O) groups is 1. The summed E-state index contributed by atoms with van der Waals surface area (Å²) in [6.45, 7) is 8.24. The van der Waals surface area contributed by atoms with Crippen molar-refractivity contribution in [2.24, 2.45) is 11.3 Å². The van der Waals surface area contributed by atoms with Gasteiger partial charge in [0, 0.05) is 25.4 Å². The molecule has 1 aromatic heterocycles. The molecule has 0 radical (unpaired) electrons. The number of likely N-dealkylation sites (tertiary alicyclic amines) is 2. The summed E-state index contributed by atoms with van der Waals surface area (Å²) in [5, 5.41) is 4.16. The predicted octanol–water partition coefficient (Wildman–Crippen LogP) is 3.42. The molecule has 2 saturated heterocycles.